The molecule has 2 aromatic carbocycles. The molecular weight excluding hydrogens is 287 g/mol. The van der Waals surface area contributed by atoms with Crippen LogP contribution in [0.25, 0.3) is 22.4 Å². The number of nitrogens with zero attached hydrogens (tertiary/aromatic N) is 2. The van der Waals surface area contributed by atoms with E-state index in [1.54, 1.807) is 0 Å². The highest BCUT2D eigenvalue weighted by molar-refractivity contribution is 6.17. The highest BCUT2D eigenvalue weighted by atomic mass is 35.5. The van der Waals surface area contributed by atoms with Gasteiger partial charge in [-0.25, -0.2) is 9.37 Å². The molecule has 0 atom stereocenters. The molecule has 1 saturated carbocycles. The van der Waals surface area contributed by atoms with Gasteiger partial charge in [-0.05, 0) is 30.5 Å². The van der Waals surface area contributed by atoms with Crippen LogP contribution in [0.3, 0.4) is 0 Å². The lowest BCUT2D eigenvalue weighted by atomic mass is 10.1. The maximum Gasteiger partial charge on any atom is 0.141 e. The molecular formula is C17H14ClFN2. The van der Waals surface area contributed by atoms with Crippen LogP contribution in [0.15, 0.2) is 42.5 Å². The van der Waals surface area contributed by atoms with Crippen molar-refractivity contribution in [3.8, 4) is 11.4 Å². The molecule has 21 heavy (non-hydrogen) atoms. The maximum absolute atomic E-state index is 13.4. The van der Waals surface area contributed by atoms with Gasteiger partial charge in [-0.2, -0.15) is 0 Å². The Morgan fingerprint density at radius 2 is 1.90 bits per heavy atom. The van der Waals surface area contributed by atoms with E-state index in [-0.39, 0.29) is 5.82 Å². The number of alkyl halides is 1. The monoisotopic (exact) mass is 300 g/mol. The van der Waals surface area contributed by atoms with Crippen LogP contribution in [0.5, 0.6) is 0 Å². The van der Waals surface area contributed by atoms with E-state index >= 15 is 0 Å². The summed E-state index contributed by atoms with van der Waals surface area (Å²) in [7, 11) is 0. The van der Waals surface area contributed by atoms with Crippen LogP contribution < -0.4 is 0 Å². The van der Waals surface area contributed by atoms with Crippen LogP contribution in [0.2, 0.25) is 0 Å². The third kappa shape index (κ3) is 2.22. The van der Waals surface area contributed by atoms with Gasteiger partial charge in [0, 0.05) is 23.6 Å². The van der Waals surface area contributed by atoms with Gasteiger partial charge in [-0.1, -0.05) is 24.3 Å². The predicted octanol–water partition coefficient (Wildman–Crippen LogP) is 4.92. The molecule has 4 heteroatoms. The van der Waals surface area contributed by atoms with Crippen molar-refractivity contribution in [1.82, 2.24) is 9.55 Å². The Morgan fingerprint density at radius 1 is 1.14 bits per heavy atom. The van der Waals surface area contributed by atoms with E-state index in [2.05, 4.69) is 9.55 Å². The number of rotatable bonds is 3. The second-order valence-corrected chi connectivity index (χ2v) is 5.77. The number of aromatic nitrogens is 2. The lowest BCUT2D eigenvalue weighted by molar-refractivity contribution is 0.629. The van der Waals surface area contributed by atoms with Gasteiger partial charge in [-0.15, -0.1) is 11.6 Å². The second kappa shape index (κ2) is 4.85. The van der Waals surface area contributed by atoms with Crippen molar-refractivity contribution in [1.29, 1.82) is 0 Å². The van der Waals surface area contributed by atoms with Crippen LogP contribution in [-0.2, 0) is 5.88 Å². The van der Waals surface area contributed by atoms with E-state index in [0.717, 1.165) is 40.8 Å². The van der Waals surface area contributed by atoms with Crippen molar-refractivity contribution in [2.24, 2.45) is 0 Å². The molecule has 0 aliphatic heterocycles. The van der Waals surface area contributed by atoms with Crippen molar-refractivity contribution in [2.75, 3.05) is 0 Å². The topological polar surface area (TPSA) is 17.8 Å². The average molecular weight is 301 g/mol. The summed E-state index contributed by atoms with van der Waals surface area (Å²) < 4.78 is 15.7. The number of fused-ring (bicyclic) bond motifs is 1. The summed E-state index contributed by atoms with van der Waals surface area (Å²) in [5.74, 6) is 1.18. The van der Waals surface area contributed by atoms with Gasteiger partial charge < -0.3 is 4.57 Å². The maximum atomic E-state index is 13.4. The Hall–Kier alpha value is -1.87. The summed E-state index contributed by atoms with van der Waals surface area (Å²) in [6, 6.07) is 13.4. The fraction of sp³-hybridized carbons (Fsp3) is 0.235. The minimum Gasteiger partial charge on any atom is -0.321 e. The van der Waals surface area contributed by atoms with E-state index in [1.807, 2.05) is 30.3 Å². The summed E-state index contributed by atoms with van der Waals surface area (Å²) in [5, 5.41) is 0. The Bertz CT molecular complexity index is 804. The zero-order chi connectivity index (χ0) is 14.4. The van der Waals surface area contributed by atoms with Crippen LogP contribution in [0.4, 0.5) is 4.39 Å². The first-order valence-corrected chi connectivity index (χ1v) is 7.62. The summed E-state index contributed by atoms with van der Waals surface area (Å²) in [6.07, 6.45) is 2.32. The third-order valence-corrected chi connectivity index (χ3v) is 4.24. The van der Waals surface area contributed by atoms with Crippen molar-refractivity contribution in [3.63, 3.8) is 0 Å². The Morgan fingerprint density at radius 3 is 2.57 bits per heavy atom. The Balaban J connectivity index is 1.91. The molecule has 106 valence electrons. The zero-order valence-corrected chi connectivity index (χ0v) is 12.1. The third-order valence-electron chi connectivity index (χ3n) is 3.93. The van der Waals surface area contributed by atoms with Crippen LogP contribution >= 0.6 is 11.6 Å². The van der Waals surface area contributed by atoms with E-state index < -0.39 is 0 Å². The van der Waals surface area contributed by atoms with Gasteiger partial charge in [0.15, 0.2) is 0 Å². The van der Waals surface area contributed by atoms with Crippen molar-refractivity contribution < 1.29 is 4.39 Å². The number of hydrogen-bond acceptors (Lipinski definition) is 1. The molecule has 4 rings (SSSR count). The molecule has 0 spiro atoms. The molecule has 2 nitrogen and oxygen atoms in total. The van der Waals surface area contributed by atoms with Gasteiger partial charge >= 0.3 is 0 Å². The molecule has 0 saturated heterocycles. The average Bonchev–Trinajstić information content (AvgIpc) is 3.28. The summed E-state index contributed by atoms with van der Waals surface area (Å²) in [6.45, 7) is 0. The van der Waals surface area contributed by atoms with E-state index in [0.29, 0.717) is 11.9 Å². The van der Waals surface area contributed by atoms with Crippen molar-refractivity contribution in [2.45, 2.75) is 24.8 Å². The van der Waals surface area contributed by atoms with Gasteiger partial charge in [0.05, 0.1) is 11.0 Å². The van der Waals surface area contributed by atoms with E-state index in [9.17, 15) is 4.39 Å². The molecule has 3 aromatic rings. The summed E-state index contributed by atoms with van der Waals surface area (Å²) in [5.41, 5.74) is 3.86. The molecule has 0 bridgehead atoms. The first-order valence-electron chi connectivity index (χ1n) is 7.09. The minimum atomic E-state index is -0.244. The normalized spacial score (nSPS) is 14.8. The van der Waals surface area contributed by atoms with Crippen molar-refractivity contribution >= 4 is 22.6 Å². The Labute approximate surface area is 127 Å². The number of benzene rings is 2. The number of imidazole rings is 1. The van der Waals surface area contributed by atoms with Crippen LogP contribution in [0.1, 0.15) is 24.4 Å². The first-order chi connectivity index (χ1) is 10.3. The minimum absolute atomic E-state index is 0.244. The smallest absolute Gasteiger partial charge is 0.141 e. The van der Waals surface area contributed by atoms with Gasteiger partial charge in [0.25, 0.3) is 0 Å². The van der Waals surface area contributed by atoms with Gasteiger partial charge in [0.1, 0.15) is 11.6 Å². The predicted molar refractivity (Wildman–Crippen MR) is 83.0 cm³/mol. The van der Waals surface area contributed by atoms with Gasteiger partial charge in [0.2, 0.25) is 0 Å². The van der Waals surface area contributed by atoms with E-state index in [4.69, 9.17) is 11.6 Å². The lowest BCUT2D eigenvalue weighted by Gasteiger charge is -2.08. The van der Waals surface area contributed by atoms with E-state index in [1.165, 1.54) is 12.1 Å². The fourth-order valence-electron chi connectivity index (χ4n) is 2.72. The molecule has 1 aromatic heterocycles. The SMILES string of the molecule is Fc1ccc2c(c1)nc(-c1ccc(CCl)cc1)n2C1CC1. The largest absolute Gasteiger partial charge is 0.321 e. The molecule has 0 unspecified atom stereocenters. The number of halogens is 2. The number of hydrogen-bond donors (Lipinski definition) is 0. The fourth-order valence-corrected chi connectivity index (χ4v) is 2.90. The summed E-state index contributed by atoms with van der Waals surface area (Å²) in [4.78, 5) is 4.65. The van der Waals surface area contributed by atoms with Crippen LogP contribution in [-0.4, -0.2) is 9.55 Å². The first kappa shape index (κ1) is 12.8. The molecule has 1 aliphatic rings. The standard InChI is InChI=1S/C17H14ClFN2/c18-10-11-1-3-12(4-2-11)17-20-15-9-13(19)5-8-16(15)21(17)14-6-7-14/h1-5,8-9,14H,6-7,10H2. The van der Waals surface area contributed by atoms with Crippen molar-refractivity contribution in [3.05, 3.63) is 53.8 Å². The highest BCUT2D eigenvalue weighted by Gasteiger charge is 2.28. The molecule has 1 heterocycles. The second-order valence-electron chi connectivity index (χ2n) is 5.50. The highest BCUT2D eigenvalue weighted by Crippen LogP contribution is 2.41. The molecule has 0 radical (unpaired) electrons. The Kier molecular flexibility index (Phi) is 2.96. The molecule has 0 N–H and O–H groups in total. The zero-order valence-electron chi connectivity index (χ0n) is 11.4. The lowest BCUT2D eigenvalue weighted by Crippen LogP contribution is -1.97. The van der Waals surface area contributed by atoms with Crippen LogP contribution in [0, 0.1) is 5.82 Å². The quantitative estimate of drug-likeness (QED) is 0.628. The molecule has 0 amide bonds. The van der Waals surface area contributed by atoms with Gasteiger partial charge in [-0.3, -0.25) is 0 Å². The molecule has 1 fully saturated rings. The molecule has 1 aliphatic carbocycles. The summed E-state index contributed by atoms with van der Waals surface area (Å²) >= 11 is 5.84.